The number of hydrogen-bond donors (Lipinski definition) is 2. The van der Waals surface area contributed by atoms with Gasteiger partial charge in [-0.3, -0.25) is 0 Å². The number of aliphatic hydroxyl groups is 1. The van der Waals surface area contributed by atoms with Gasteiger partial charge in [-0.1, -0.05) is 13.8 Å². The van der Waals surface area contributed by atoms with Gasteiger partial charge in [0.25, 0.3) is 0 Å². The zero-order chi connectivity index (χ0) is 9.72. The molecule has 0 fully saturated rings. The second kappa shape index (κ2) is 5.51. The van der Waals surface area contributed by atoms with Crippen molar-refractivity contribution in [1.29, 1.82) is 0 Å². The maximum atomic E-state index is 9.09. The average Bonchev–Trinajstić information content (AvgIpc) is 1.98. The minimum atomic E-state index is 0.178. The van der Waals surface area contributed by atoms with Crippen LogP contribution in [0.25, 0.3) is 0 Å². The normalized spacial score (nSPS) is 17.0. The Balaban J connectivity index is 4.26. The van der Waals surface area contributed by atoms with Gasteiger partial charge in [0.1, 0.15) is 0 Å². The highest BCUT2D eigenvalue weighted by molar-refractivity contribution is 4.79. The minimum Gasteiger partial charge on any atom is -0.396 e. The van der Waals surface area contributed by atoms with Crippen LogP contribution in [0.4, 0.5) is 0 Å². The van der Waals surface area contributed by atoms with E-state index >= 15 is 0 Å². The summed E-state index contributed by atoms with van der Waals surface area (Å²) >= 11 is 0. The fourth-order valence-electron chi connectivity index (χ4n) is 1.88. The molecule has 0 spiro atoms. The summed E-state index contributed by atoms with van der Waals surface area (Å²) in [5.41, 5.74) is 5.57. The zero-order valence-electron chi connectivity index (χ0n) is 8.62. The van der Waals surface area contributed by atoms with Gasteiger partial charge < -0.3 is 15.7 Å². The van der Waals surface area contributed by atoms with Crippen molar-refractivity contribution in [3.63, 3.8) is 0 Å². The molecule has 0 aliphatic carbocycles. The molecule has 0 saturated heterocycles. The predicted octanol–water partition coefficient (Wildman–Crippen LogP) is 0.140. The van der Waals surface area contributed by atoms with E-state index in [-0.39, 0.29) is 12.5 Å². The first-order valence-electron chi connectivity index (χ1n) is 4.51. The van der Waals surface area contributed by atoms with Crippen LogP contribution in [-0.2, 0) is 0 Å². The van der Waals surface area contributed by atoms with Gasteiger partial charge in [-0.15, -0.1) is 0 Å². The molecule has 12 heavy (non-hydrogen) atoms. The van der Waals surface area contributed by atoms with Gasteiger partial charge in [-0.05, 0) is 26.6 Å². The van der Waals surface area contributed by atoms with Gasteiger partial charge in [0.05, 0.1) is 0 Å². The van der Waals surface area contributed by atoms with Crippen LogP contribution >= 0.6 is 0 Å². The zero-order valence-corrected chi connectivity index (χ0v) is 8.62. The van der Waals surface area contributed by atoms with Gasteiger partial charge in [0.15, 0.2) is 0 Å². The van der Waals surface area contributed by atoms with Crippen LogP contribution in [0.5, 0.6) is 0 Å². The van der Waals surface area contributed by atoms with E-state index < -0.39 is 0 Å². The summed E-state index contributed by atoms with van der Waals surface area (Å²) in [5.74, 6) is 0.723. The summed E-state index contributed by atoms with van der Waals surface area (Å²) in [6.45, 7) is 5.04. The molecule has 2 atom stereocenters. The van der Waals surface area contributed by atoms with Crippen LogP contribution in [0.1, 0.15) is 13.8 Å². The van der Waals surface area contributed by atoms with Crippen molar-refractivity contribution in [2.75, 3.05) is 27.2 Å². The van der Waals surface area contributed by atoms with Gasteiger partial charge in [-0.25, -0.2) is 0 Å². The maximum absolute atomic E-state index is 9.09. The smallest absolute Gasteiger partial charge is 0.0486 e. The lowest BCUT2D eigenvalue weighted by Gasteiger charge is -2.33. The van der Waals surface area contributed by atoms with Crippen molar-refractivity contribution in [3.05, 3.63) is 0 Å². The van der Waals surface area contributed by atoms with Crippen molar-refractivity contribution < 1.29 is 5.11 Å². The standard InChI is InChI=1S/C9H22N2O/c1-7(2)9(11(3)4)8(5-10)6-12/h7-9,12H,5-6,10H2,1-4H3. The molecule has 74 valence electrons. The summed E-state index contributed by atoms with van der Waals surface area (Å²) in [6.07, 6.45) is 0. The van der Waals surface area contributed by atoms with Crippen LogP contribution in [0.15, 0.2) is 0 Å². The molecule has 0 heterocycles. The third-order valence-corrected chi connectivity index (χ3v) is 2.30. The van der Waals surface area contributed by atoms with Crippen LogP contribution in [-0.4, -0.2) is 43.3 Å². The quantitative estimate of drug-likeness (QED) is 0.623. The molecule has 0 aromatic rings. The Labute approximate surface area is 75.6 Å². The SMILES string of the molecule is CC(C)C(C(CN)CO)N(C)C. The lowest BCUT2D eigenvalue weighted by Crippen LogP contribution is -2.44. The van der Waals surface area contributed by atoms with Crippen molar-refractivity contribution >= 4 is 0 Å². The molecule has 0 amide bonds. The number of nitrogens with zero attached hydrogens (tertiary/aromatic N) is 1. The highest BCUT2D eigenvalue weighted by Gasteiger charge is 2.24. The Morgan fingerprint density at radius 2 is 1.83 bits per heavy atom. The second-order valence-corrected chi connectivity index (χ2v) is 3.88. The first-order valence-corrected chi connectivity index (χ1v) is 4.51. The van der Waals surface area contributed by atoms with E-state index in [9.17, 15) is 0 Å². The summed E-state index contributed by atoms with van der Waals surface area (Å²) in [7, 11) is 4.06. The molecule has 0 saturated carbocycles. The van der Waals surface area contributed by atoms with E-state index in [1.54, 1.807) is 0 Å². The van der Waals surface area contributed by atoms with E-state index in [4.69, 9.17) is 10.8 Å². The third-order valence-electron chi connectivity index (χ3n) is 2.30. The van der Waals surface area contributed by atoms with Crippen molar-refractivity contribution in [3.8, 4) is 0 Å². The molecular formula is C9H22N2O. The first kappa shape index (κ1) is 11.9. The Hall–Kier alpha value is -0.120. The van der Waals surface area contributed by atoms with Crippen LogP contribution in [0.3, 0.4) is 0 Å². The molecule has 0 bridgehead atoms. The van der Waals surface area contributed by atoms with Crippen molar-refractivity contribution in [1.82, 2.24) is 4.90 Å². The molecule has 0 aromatic heterocycles. The molecular weight excluding hydrogens is 152 g/mol. The van der Waals surface area contributed by atoms with E-state index in [1.165, 1.54) is 0 Å². The molecule has 3 N–H and O–H groups in total. The molecule has 3 heteroatoms. The fourth-order valence-corrected chi connectivity index (χ4v) is 1.88. The van der Waals surface area contributed by atoms with E-state index in [0.717, 1.165) is 0 Å². The van der Waals surface area contributed by atoms with E-state index in [2.05, 4.69) is 18.7 Å². The fraction of sp³-hybridized carbons (Fsp3) is 1.00. The highest BCUT2D eigenvalue weighted by atomic mass is 16.3. The number of nitrogens with two attached hydrogens (primary N) is 1. The molecule has 0 aliphatic rings. The summed E-state index contributed by atoms with van der Waals surface area (Å²) in [5, 5.41) is 9.09. The Morgan fingerprint density at radius 1 is 1.33 bits per heavy atom. The Kier molecular flexibility index (Phi) is 5.46. The number of rotatable bonds is 5. The van der Waals surface area contributed by atoms with Crippen LogP contribution in [0.2, 0.25) is 0 Å². The molecule has 0 radical (unpaired) electrons. The first-order chi connectivity index (χ1) is 5.54. The molecule has 2 unspecified atom stereocenters. The molecule has 0 rings (SSSR count). The van der Waals surface area contributed by atoms with Gasteiger partial charge in [-0.2, -0.15) is 0 Å². The number of hydrogen-bond acceptors (Lipinski definition) is 3. The van der Waals surface area contributed by atoms with E-state index in [0.29, 0.717) is 18.5 Å². The van der Waals surface area contributed by atoms with Crippen LogP contribution < -0.4 is 5.73 Å². The second-order valence-electron chi connectivity index (χ2n) is 3.88. The monoisotopic (exact) mass is 174 g/mol. The topological polar surface area (TPSA) is 49.5 Å². The van der Waals surface area contributed by atoms with Gasteiger partial charge >= 0.3 is 0 Å². The lowest BCUT2D eigenvalue weighted by molar-refractivity contribution is 0.107. The largest absolute Gasteiger partial charge is 0.396 e. The summed E-state index contributed by atoms with van der Waals surface area (Å²) < 4.78 is 0. The molecule has 0 aromatic carbocycles. The Bertz CT molecular complexity index is 103. The highest BCUT2D eigenvalue weighted by Crippen LogP contribution is 2.16. The van der Waals surface area contributed by atoms with E-state index in [1.807, 2.05) is 14.1 Å². The average molecular weight is 174 g/mol. The lowest BCUT2D eigenvalue weighted by atomic mass is 9.90. The van der Waals surface area contributed by atoms with Gasteiger partial charge in [0.2, 0.25) is 0 Å². The molecule has 0 aliphatic heterocycles. The van der Waals surface area contributed by atoms with Gasteiger partial charge in [0, 0.05) is 18.6 Å². The maximum Gasteiger partial charge on any atom is 0.0486 e. The summed E-state index contributed by atoms with van der Waals surface area (Å²) in [4.78, 5) is 2.14. The number of aliphatic hydroxyl groups excluding tert-OH is 1. The van der Waals surface area contributed by atoms with Crippen molar-refractivity contribution in [2.45, 2.75) is 19.9 Å². The predicted molar refractivity (Wildman–Crippen MR) is 51.9 cm³/mol. The summed E-state index contributed by atoms with van der Waals surface area (Å²) in [6, 6.07) is 0.375. The van der Waals surface area contributed by atoms with Crippen molar-refractivity contribution in [2.24, 2.45) is 17.6 Å². The third kappa shape index (κ3) is 3.09. The van der Waals surface area contributed by atoms with Crippen LogP contribution in [0, 0.1) is 11.8 Å². The molecule has 3 nitrogen and oxygen atoms in total. The minimum absolute atomic E-state index is 0.178. The Morgan fingerprint density at radius 3 is 1.92 bits per heavy atom.